The van der Waals surface area contributed by atoms with E-state index < -0.39 is 12.6 Å². The van der Waals surface area contributed by atoms with Gasteiger partial charge in [0.1, 0.15) is 17.0 Å². The molecular weight excluding hydrogens is 313 g/mol. The Hall–Kier alpha value is -1.41. The van der Waals surface area contributed by atoms with Gasteiger partial charge in [-0.25, -0.2) is 9.97 Å². The molecule has 3 rings (SSSR count). The summed E-state index contributed by atoms with van der Waals surface area (Å²) in [5.41, 5.74) is 5.97. The van der Waals surface area contributed by atoms with Crippen LogP contribution in [-0.4, -0.2) is 28.2 Å². The van der Waals surface area contributed by atoms with Crippen LogP contribution in [0.5, 0.6) is 0 Å². The summed E-state index contributed by atoms with van der Waals surface area (Å²) in [5.74, 6) is 0.605. The highest BCUT2D eigenvalue weighted by Gasteiger charge is 2.29. The first-order valence-electron chi connectivity index (χ1n) is 7.23. The van der Waals surface area contributed by atoms with Gasteiger partial charge in [0.05, 0.1) is 11.8 Å². The Morgan fingerprint density at radius 3 is 2.86 bits per heavy atom. The maximum absolute atomic E-state index is 12.5. The van der Waals surface area contributed by atoms with Crippen LogP contribution in [-0.2, 0) is 6.42 Å². The summed E-state index contributed by atoms with van der Waals surface area (Å²) in [6, 6.07) is 1.93. The second-order valence-corrected chi connectivity index (χ2v) is 6.83. The molecule has 1 aliphatic carbocycles. The van der Waals surface area contributed by atoms with Crippen molar-refractivity contribution in [2.45, 2.75) is 50.4 Å². The molecule has 2 unspecified atom stereocenters. The molecule has 8 heteroatoms. The van der Waals surface area contributed by atoms with Crippen LogP contribution < -0.4 is 11.1 Å². The van der Waals surface area contributed by atoms with Gasteiger partial charge in [0, 0.05) is 17.0 Å². The Morgan fingerprint density at radius 2 is 2.14 bits per heavy atom. The number of nitrogens with one attached hydrogen (secondary N) is 1. The third-order valence-electron chi connectivity index (χ3n) is 3.81. The number of nitrogens with two attached hydrogens (primary N) is 1. The minimum atomic E-state index is -4.21. The number of fused-ring (bicyclic) bond motifs is 1. The van der Waals surface area contributed by atoms with E-state index in [1.54, 1.807) is 6.07 Å². The minimum Gasteiger partial charge on any atom is -0.367 e. The van der Waals surface area contributed by atoms with Crippen LogP contribution >= 0.6 is 11.3 Å². The van der Waals surface area contributed by atoms with Crippen LogP contribution in [0.4, 0.5) is 19.0 Å². The van der Waals surface area contributed by atoms with Gasteiger partial charge in [-0.3, -0.25) is 0 Å². The summed E-state index contributed by atoms with van der Waals surface area (Å²) in [6.45, 7) is 0. The van der Waals surface area contributed by atoms with Crippen molar-refractivity contribution in [3.05, 3.63) is 17.3 Å². The highest BCUT2D eigenvalue weighted by molar-refractivity contribution is 7.18. The summed E-state index contributed by atoms with van der Waals surface area (Å²) in [5, 5.41) is 3.98. The van der Waals surface area contributed by atoms with E-state index in [0.717, 1.165) is 37.0 Å². The maximum Gasteiger partial charge on any atom is 0.393 e. The molecule has 2 aromatic heterocycles. The van der Waals surface area contributed by atoms with Crippen LogP contribution in [0.3, 0.4) is 0 Å². The molecule has 0 bridgehead atoms. The Bertz CT molecular complexity index is 655. The molecular formula is C14H17F3N4S. The molecule has 1 fully saturated rings. The van der Waals surface area contributed by atoms with Crippen molar-refractivity contribution in [1.82, 2.24) is 9.97 Å². The number of anilines is 1. The molecule has 0 aliphatic heterocycles. The van der Waals surface area contributed by atoms with Crippen molar-refractivity contribution in [3.8, 4) is 0 Å². The minimum absolute atomic E-state index is 0.173. The summed E-state index contributed by atoms with van der Waals surface area (Å²) >= 11 is 1.07. The van der Waals surface area contributed by atoms with Gasteiger partial charge in [-0.05, 0) is 31.7 Å². The van der Waals surface area contributed by atoms with Gasteiger partial charge in [0.25, 0.3) is 0 Å². The molecule has 0 amide bonds. The first kappa shape index (κ1) is 15.5. The summed E-state index contributed by atoms with van der Waals surface area (Å²) in [7, 11) is 0. The molecule has 2 heterocycles. The molecule has 22 heavy (non-hydrogen) atoms. The second kappa shape index (κ2) is 6.00. The molecule has 0 saturated heterocycles. The van der Waals surface area contributed by atoms with E-state index in [9.17, 15) is 13.2 Å². The van der Waals surface area contributed by atoms with Gasteiger partial charge in [0.2, 0.25) is 0 Å². The van der Waals surface area contributed by atoms with E-state index in [-0.39, 0.29) is 17.0 Å². The van der Waals surface area contributed by atoms with Crippen LogP contribution in [0.15, 0.2) is 12.4 Å². The number of hydrogen-bond acceptors (Lipinski definition) is 5. The van der Waals surface area contributed by atoms with Crippen LogP contribution in [0.2, 0.25) is 0 Å². The fourth-order valence-electron chi connectivity index (χ4n) is 2.86. The predicted molar refractivity (Wildman–Crippen MR) is 81.0 cm³/mol. The maximum atomic E-state index is 12.5. The van der Waals surface area contributed by atoms with Crippen molar-refractivity contribution in [2.75, 3.05) is 5.32 Å². The molecule has 3 N–H and O–H groups in total. The number of hydrogen-bond donors (Lipinski definition) is 2. The van der Waals surface area contributed by atoms with Crippen LogP contribution in [0.1, 0.15) is 30.6 Å². The van der Waals surface area contributed by atoms with E-state index in [0.29, 0.717) is 16.0 Å². The lowest BCUT2D eigenvalue weighted by Crippen LogP contribution is -2.35. The molecule has 4 nitrogen and oxygen atoms in total. The normalized spacial score (nSPS) is 22.9. The van der Waals surface area contributed by atoms with Crippen molar-refractivity contribution in [2.24, 2.45) is 5.73 Å². The Labute approximate surface area is 129 Å². The molecule has 0 radical (unpaired) electrons. The first-order valence-corrected chi connectivity index (χ1v) is 8.04. The average molecular weight is 330 g/mol. The second-order valence-electron chi connectivity index (χ2n) is 5.71. The molecule has 2 atom stereocenters. The van der Waals surface area contributed by atoms with Gasteiger partial charge in [-0.2, -0.15) is 13.2 Å². The fourth-order valence-corrected chi connectivity index (χ4v) is 3.88. The van der Waals surface area contributed by atoms with E-state index in [1.807, 2.05) is 0 Å². The number of nitrogens with zero attached hydrogens (tertiary/aromatic N) is 2. The zero-order chi connectivity index (χ0) is 15.7. The Balaban J connectivity index is 1.83. The Kier molecular flexibility index (Phi) is 4.22. The predicted octanol–water partition coefficient (Wildman–Crippen LogP) is 3.48. The third-order valence-corrected chi connectivity index (χ3v) is 4.85. The van der Waals surface area contributed by atoms with Crippen molar-refractivity contribution in [3.63, 3.8) is 0 Å². The largest absolute Gasteiger partial charge is 0.393 e. The summed E-state index contributed by atoms with van der Waals surface area (Å²) in [6.07, 6.45) is 0.173. The van der Waals surface area contributed by atoms with E-state index in [1.165, 1.54) is 6.33 Å². The quantitative estimate of drug-likeness (QED) is 0.904. The van der Waals surface area contributed by atoms with Crippen molar-refractivity contribution in [1.29, 1.82) is 0 Å². The van der Waals surface area contributed by atoms with Gasteiger partial charge in [0.15, 0.2) is 0 Å². The van der Waals surface area contributed by atoms with Crippen molar-refractivity contribution < 1.29 is 13.2 Å². The van der Waals surface area contributed by atoms with Crippen molar-refractivity contribution >= 4 is 27.4 Å². The molecule has 1 aliphatic rings. The Morgan fingerprint density at radius 1 is 1.32 bits per heavy atom. The molecule has 2 aromatic rings. The lowest BCUT2D eigenvalue weighted by atomic mass is 9.91. The molecule has 120 valence electrons. The number of rotatable bonds is 3. The first-order chi connectivity index (χ1) is 10.4. The number of thiophene rings is 1. The van der Waals surface area contributed by atoms with Gasteiger partial charge in [-0.1, -0.05) is 0 Å². The number of halogens is 3. The summed E-state index contributed by atoms with van der Waals surface area (Å²) < 4.78 is 37.6. The summed E-state index contributed by atoms with van der Waals surface area (Å²) in [4.78, 5) is 9.11. The zero-order valence-corrected chi connectivity index (χ0v) is 12.7. The average Bonchev–Trinajstić information content (AvgIpc) is 2.80. The van der Waals surface area contributed by atoms with Gasteiger partial charge < -0.3 is 11.1 Å². The standard InChI is InChI=1S/C14H17F3N4S/c15-14(16,17)6-10-5-11-12(19-7-20-13(11)22-10)21-9-3-1-2-8(18)4-9/h5,7-9H,1-4,6,18H2,(H,19,20,21). The highest BCUT2D eigenvalue weighted by atomic mass is 32.1. The van der Waals surface area contributed by atoms with E-state index >= 15 is 0 Å². The van der Waals surface area contributed by atoms with Crippen LogP contribution in [0.25, 0.3) is 10.2 Å². The molecule has 1 saturated carbocycles. The lowest BCUT2D eigenvalue weighted by molar-refractivity contribution is -0.126. The number of aromatic nitrogens is 2. The highest BCUT2D eigenvalue weighted by Crippen LogP contribution is 2.33. The SMILES string of the molecule is NC1CCCC(Nc2ncnc3sc(CC(F)(F)F)cc23)C1. The number of alkyl halides is 3. The zero-order valence-electron chi connectivity index (χ0n) is 11.9. The van der Waals surface area contributed by atoms with E-state index in [2.05, 4.69) is 15.3 Å². The van der Waals surface area contributed by atoms with Crippen LogP contribution in [0, 0.1) is 0 Å². The molecule has 0 spiro atoms. The fraction of sp³-hybridized carbons (Fsp3) is 0.571. The smallest absolute Gasteiger partial charge is 0.367 e. The van der Waals surface area contributed by atoms with E-state index in [4.69, 9.17) is 5.73 Å². The lowest BCUT2D eigenvalue weighted by Gasteiger charge is -2.27. The third kappa shape index (κ3) is 3.67. The topological polar surface area (TPSA) is 63.8 Å². The van der Waals surface area contributed by atoms with Gasteiger partial charge >= 0.3 is 6.18 Å². The molecule has 0 aromatic carbocycles. The van der Waals surface area contributed by atoms with Gasteiger partial charge in [-0.15, -0.1) is 11.3 Å². The monoisotopic (exact) mass is 330 g/mol.